The van der Waals surface area contributed by atoms with Crippen LogP contribution < -0.4 is 10.9 Å². The Balaban J connectivity index is 1.51. The number of amides is 1. The number of aromatic nitrogens is 2. The van der Waals surface area contributed by atoms with E-state index in [0.29, 0.717) is 17.4 Å². The van der Waals surface area contributed by atoms with Crippen molar-refractivity contribution in [2.75, 3.05) is 5.32 Å². The molecule has 7 heteroatoms. The van der Waals surface area contributed by atoms with Crippen LogP contribution in [0.3, 0.4) is 0 Å². The highest BCUT2D eigenvalue weighted by Gasteiger charge is 2.22. The zero-order valence-corrected chi connectivity index (χ0v) is 18.1. The Hall–Kier alpha value is -3.48. The Bertz CT molecular complexity index is 1250. The molecule has 2 aromatic carbocycles. The molecule has 3 aromatic rings. The number of benzene rings is 2. The average molecular weight is 419 g/mol. The van der Waals surface area contributed by atoms with Crippen LogP contribution in [-0.2, 0) is 22.5 Å². The van der Waals surface area contributed by atoms with Crippen molar-refractivity contribution in [2.45, 2.75) is 53.2 Å². The molecule has 1 amide bonds. The maximum Gasteiger partial charge on any atom is 0.338 e. The van der Waals surface area contributed by atoms with Crippen molar-refractivity contribution in [1.82, 2.24) is 9.55 Å². The second kappa shape index (κ2) is 7.98. The zero-order chi connectivity index (χ0) is 22.3. The van der Waals surface area contributed by atoms with E-state index in [1.165, 1.54) is 13.0 Å². The largest absolute Gasteiger partial charge is 0.449 e. The van der Waals surface area contributed by atoms with Gasteiger partial charge >= 0.3 is 5.97 Å². The second-order valence-electron chi connectivity index (χ2n) is 8.13. The molecule has 1 aliphatic heterocycles. The van der Waals surface area contributed by atoms with Gasteiger partial charge < -0.3 is 10.1 Å². The maximum atomic E-state index is 12.6. The molecule has 1 aliphatic rings. The number of anilines is 1. The molecule has 0 bridgehead atoms. The van der Waals surface area contributed by atoms with Crippen LogP contribution in [-0.4, -0.2) is 27.5 Å². The van der Waals surface area contributed by atoms with Crippen molar-refractivity contribution in [3.63, 3.8) is 0 Å². The fourth-order valence-corrected chi connectivity index (χ4v) is 4.09. The number of hydrogen-bond acceptors (Lipinski definition) is 5. The molecule has 0 spiro atoms. The molecular weight excluding hydrogens is 394 g/mol. The van der Waals surface area contributed by atoms with Gasteiger partial charge in [0.25, 0.3) is 11.5 Å². The van der Waals surface area contributed by atoms with Gasteiger partial charge in [-0.2, -0.15) is 0 Å². The lowest BCUT2D eigenvalue weighted by molar-refractivity contribution is -0.123. The average Bonchev–Trinajstić information content (AvgIpc) is 3.19. The first-order valence-electron chi connectivity index (χ1n) is 10.4. The predicted octanol–water partition coefficient (Wildman–Crippen LogP) is 3.45. The zero-order valence-electron chi connectivity index (χ0n) is 18.1. The van der Waals surface area contributed by atoms with Gasteiger partial charge in [-0.05, 0) is 63.4 Å². The molecule has 2 heterocycles. The van der Waals surface area contributed by atoms with E-state index in [4.69, 9.17) is 4.74 Å². The fourth-order valence-electron chi connectivity index (χ4n) is 4.09. The third-order valence-corrected chi connectivity index (χ3v) is 5.63. The Morgan fingerprint density at radius 2 is 1.84 bits per heavy atom. The van der Waals surface area contributed by atoms with Gasteiger partial charge in [-0.3, -0.25) is 14.2 Å². The molecule has 160 valence electrons. The van der Waals surface area contributed by atoms with Gasteiger partial charge in [-0.1, -0.05) is 17.7 Å². The molecule has 1 N–H and O–H groups in total. The number of carbonyl (C=O) groups is 2. The topological polar surface area (TPSA) is 90.3 Å². The van der Waals surface area contributed by atoms with Crippen molar-refractivity contribution in [1.29, 1.82) is 0 Å². The van der Waals surface area contributed by atoms with Crippen LogP contribution in [0.4, 0.5) is 5.69 Å². The molecule has 7 nitrogen and oxygen atoms in total. The van der Waals surface area contributed by atoms with Crippen LogP contribution in [0.15, 0.2) is 35.1 Å². The highest BCUT2D eigenvalue weighted by Crippen LogP contribution is 2.22. The Morgan fingerprint density at radius 1 is 1.13 bits per heavy atom. The molecular formula is C24H25N3O4. The van der Waals surface area contributed by atoms with Gasteiger partial charge in [0.2, 0.25) is 0 Å². The van der Waals surface area contributed by atoms with Crippen molar-refractivity contribution in [3.05, 3.63) is 68.8 Å². The van der Waals surface area contributed by atoms with E-state index < -0.39 is 18.0 Å². The lowest BCUT2D eigenvalue weighted by Gasteiger charge is -2.17. The normalized spacial score (nSPS) is 13.7. The quantitative estimate of drug-likeness (QED) is 0.654. The SMILES string of the molecule is Cc1cc(C)c(NC(=O)[C@H](C)OC(=O)c2ccc3c(=O)n4c(nc3c2)CCC4)c(C)c1. The minimum Gasteiger partial charge on any atom is -0.449 e. The third-order valence-electron chi connectivity index (χ3n) is 5.63. The smallest absolute Gasteiger partial charge is 0.338 e. The van der Waals surface area contributed by atoms with Crippen molar-refractivity contribution in [3.8, 4) is 0 Å². The van der Waals surface area contributed by atoms with Crippen molar-refractivity contribution >= 4 is 28.5 Å². The molecule has 31 heavy (non-hydrogen) atoms. The predicted molar refractivity (Wildman–Crippen MR) is 118 cm³/mol. The number of rotatable bonds is 4. The van der Waals surface area contributed by atoms with E-state index in [2.05, 4.69) is 10.3 Å². The molecule has 0 aliphatic carbocycles. The van der Waals surface area contributed by atoms with E-state index in [1.54, 1.807) is 16.7 Å². The number of hydrogen-bond donors (Lipinski definition) is 1. The number of fused-ring (bicyclic) bond motifs is 2. The summed E-state index contributed by atoms with van der Waals surface area (Å²) in [6.45, 7) is 8.05. The molecule has 0 fully saturated rings. The molecule has 0 saturated carbocycles. The maximum absolute atomic E-state index is 12.6. The number of aryl methyl sites for hydroxylation is 4. The summed E-state index contributed by atoms with van der Waals surface area (Å²) in [6.07, 6.45) is 0.650. The number of nitrogens with zero attached hydrogens (tertiary/aromatic N) is 2. The molecule has 0 unspecified atom stereocenters. The van der Waals surface area contributed by atoms with Gasteiger partial charge in [0.05, 0.1) is 16.5 Å². The number of esters is 1. The standard InChI is InChI=1S/C24H25N3O4/c1-13-10-14(2)21(15(3)11-13)26-22(28)16(4)31-24(30)17-7-8-18-19(12-17)25-20-6-5-9-27(20)23(18)29/h7-8,10-12,16H,5-6,9H2,1-4H3,(H,26,28)/t16-/m0/s1. The first-order chi connectivity index (χ1) is 14.7. The van der Waals surface area contributed by atoms with Gasteiger partial charge in [-0.25, -0.2) is 9.78 Å². The summed E-state index contributed by atoms with van der Waals surface area (Å²) in [5, 5.41) is 3.33. The first-order valence-corrected chi connectivity index (χ1v) is 10.4. The minimum absolute atomic E-state index is 0.0889. The van der Waals surface area contributed by atoms with Crippen LogP contribution in [0, 0.1) is 20.8 Å². The lowest BCUT2D eigenvalue weighted by atomic mass is 10.0. The molecule has 0 radical (unpaired) electrons. The van der Waals surface area contributed by atoms with Crippen LogP contribution in [0.5, 0.6) is 0 Å². The van der Waals surface area contributed by atoms with E-state index in [9.17, 15) is 14.4 Å². The number of carbonyl (C=O) groups excluding carboxylic acids is 2. The Morgan fingerprint density at radius 3 is 2.55 bits per heavy atom. The molecule has 1 aromatic heterocycles. The monoisotopic (exact) mass is 419 g/mol. The molecule has 4 rings (SSSR count). The number of ether oxygens (including phenoxy) is 1. The highest BCUT2D eigenvalue weighted by atomic mass is 16.5. The van der Waals surface area contributed by atoms with Crippen LogP contribution >= 0.6 is 0 Å². The summed E-state index contributed by atoms with van der Waals surface area (Å²) in [5.74, 6) is -0.303. The van der Waals surface area contributed by atoms with E-state index >= 15 is 0 Å². The summed E-state index contributed by atoms with van der Waals surface area (Å²) in [6, 6.07) is 8.66. The Kier molecular flexibility index (Phi) is 5.35. The third kappa shape index (κ3) is 3.95. The molecule has 0 saturated heterocycles. The van der Waals surface area contributed by atoms with E-state index in [-0.39, 0.29) is 11.1 Å². The first kappa shape index (κ1) is 20.8. The highest BCUT2D eigenvalue weighted by molar-refractivity contribution is 5.99. The van der Waals surface area contributed by atoms with Crippen LogP contribution in [0.2, 0.25) is 0 Å². The van der Waals surface area contributed by atoms with Crippen molar-refractivity contribution in [2.24, 2.45) is 0 Å². The molecule has 1 atom stereocenters. The van der Waals surface area contributed by atoms with Gasteiger partial charge in [-0.15, -0.1) is 0 Å². The lowest BCUT2D eigenvalue weighted by Crippen LogP contribution is -2.30. The summed E-state index contributed by atoms with van der Waals surface area (Å²) in [4.78, 5) is 42.4. The van der Waals surface area contributed by atoms with Gasteiger partial charge in [0, 0.05) is 18.7 Å². The van der Waals surface area contributed by atoms with Crippen LogP contribution in [0.25, 0.3) is 10.9 Å². The summed E-state index contributed by atoms with van der Waals surface area (Å²) < 4.78 is 7.07. The van der Waals surface area contributed by atoms with E-state index in [1.807, 2.05) is 32.9 Å². The summed E-state index contributed by atoms with van der Waals surface area (Å²) >= 11 is 0. The van der Waals surface area contributed by atoms with E-state index in [0.717, 1.165) is 41.0 Å². The summed E-state index contributed by atoms with van der Waals surface area (Å²) in [7, 11) is 0. The van der Waals surface area contributed by atoms with Gasteiger partial charge in [0.1, 0.15) is 5.82 Å². The Labute approximate surface area is 180 Å². The van der Waals surface area contributed by atoms with Gasteiger partial charge in [0.15, 0.2) is 6.10 Å². The second-order valence-corrected chi connectivity index (χ2v) is 8.13. The van der Waals surface area contributed by atoms with Crippen LogP contribution in [0.1, 0.15) is 46.2 Å². The van der Waals surface area contributed by atoms with Crippen molar-refractivity contribution < 1.29 is 14.3 Å². The number of nitrogens with one attached hydrogen (secondary N) is 1. The minimum atomic E-state index is -0.984. The fraction of sp³-hybridized carbons (Fsp3) is 0.333. The summed E-state index contributed by atoms with van der Waals surface area (Å²) in [5.41, 5.74) is 4.37.